The molecule has 27 heavy (non-hydrogen) atoms. The van der Waals surface area contributed by atoms with E-state index in [1.165, 1.54) is 0 Å². The molecule has 0 bridgehead atoms. The Bertz CT molecular complexity index is 764. The second-order valence-electron chi connectivity index (χ2n) is 6.00. The fourth-order valence-corrected chi connectivity index (χ4v) is 2.43. The number of rotatable bonds is 8. The molecular weight excluding hydrogens is 348 g/mol. The molecule has 2 aromatic carbocycles. The van der Waals surface area contributed by atoms with Gasteiger partial charge >= 0.3 is 12.1 Å². The molecule has 2 aromatic rings. The van der Waals surface area contributed by atoms with Crippen molar-refractivity contribution in [2.45, 2.75) is 32.0 Å². The van der Waals surface area contributed by atoms with E-state index in [4.69, 9.17) is 9.84 Å². The summed E-state index contributed by atoms with van der Waals surface area (Å²) in [6, 6.07) is 16.7. The molecule has 0 aliphatic heterocycles. The van der Waals surface area contributed by atoms with Crippen molar-refractivity contribution in [1.29, 1.82) is 0 Å². The largest absolute Gasteiger partial charge is 0.481 e. The second kappa shape index (κ2) is 9.96. The highest BCUT2D eigenvalue weighted by molar-refractivity contribution is 5.89. The van der Waals surface area contributed by atoms with Crippen LogP contribution in [0, 0.1) is 0 Å². The van der Waals surface area contributed by atoms with Crippen molar-refractivity contribution >= 4 is 18.0 Å². The van der Waals surface area contributed by atoms with Crippen molar-refractivity contribution in [3.05, 3.63) is 71.8 Å². The summed E-state index contributed by atoms with van der Waals surface area (Å²) in [6.07, 6.45) is -1.40. The smallest absolute Gasteiger partial charge is 0.408 e. The maximum atomic E-state index is 12.4. The summed E-state index contributed by atoms with van der Waals surface area (Å²) in [5, 5.41) is 14.1. The first kappa shape index (κ1) is 20.0. The van der Waals surface area contributed by atoms with Gasteiger partial charge in [-0.05, 0) is 18.1 Å². The van der Waals surface area contributed by atoms with E-state index in [0.717, 1.165) is 11.1 Å². The van der Waals surface area contributed by atoms with E-state index in [1.807, 2.05) is 48.5 Å². The molecule has 0 fully saturated rings. The molecule has 0 spiro atoms. The number of hydrogen-bond donors (Lipinski definition) is 3. The molecule has 0 heterocycles. The molecule has 7 nitrogen and oxygen atoms in total. The number of amides is 2. The Labute approximate surface area is 157 Å². The lowest BCUT2D eigenvalue weighted by Gasteiger charge is -2.20. The van der Waals surface area contributed by atoms with Crippen molar-refractivity contribution in [1.82, 2.24) is 10.6 Å². The first-order valence-corrected chi connectivity index (χ1v) is 8.50. The first-order chi connectivity index (χ1) is 13.0. The van der Waals surface area contributed by atoms with E-state index in [1.54, 1.807) is 19.1 Å². The molecule has 7 heteroatoms. The Morgan fingerprint density at radius 1 is 0.963 bits per heavy atom. The average molecular weight is 370 g/mol. The fraction of sp³-hybridized carbons (Fsp3) is 0.250. The minimum absolute atomic E-state index is 0.0223. The predicted molar refractivity (Wildman–Crippen MR) is 98.8 cm³/mol. The predicted octanol–water partition coefficient (Wildman–Crippen LogP) is 2.63. The Hall–Kier alpha value is -3.35. The standard InChI is InChI=1S/C20H22N2O5/c1-14(16-10-6-3-7-11-16)21-19(25)17(12-18(23)24)22-20(26)27-13-15-8-4-2-5-9-15/h2-11,14,17H,12-13H2,1H3,(H,21,25)(H,22,26)(H,23,24)/t14-,17+/m1/s1. The highest BCUT2D eigenvalue weighted by Crippen LogP contribution is 2.11. The third-order valence-electron chi connectivity index (χ3n) is 3.86. The number of alkyl carbamates (subject to hydrolysis) is 1. The van der Waals surface area contributed by atoms with Gasteiger partial charge in [0.1, 0.15) is 12.6 Å². The molecule has 0 aromatic heterocycles. The van der Waals surface area contributed by atoms with Gasteiger partial charge in [0.15, 0.2) is 0 Å². The summed E-state index contributed by atoms with van der Waals surface area (Å²) in [7, 11) is 0. The Morgan fingerprint density at radius 3 is 2.15 bits per heavy atom. The van der Waals surface area contributed by atoms with Crippen molar-refractivity contribution < 1.29 is 24.2 Å². The van der Waals surface area contributed by atoms with Gasteiger partial charge in [-0.15, -0.1) is 0 Å². The zero-order valence-electron chi connectivity index (χ0n) is 14.9. The zero-order valence-corrected chi connectivity index (χ0v) is 14.9. The molecule has 2 rings (SSSR count). The van der Waals surface area contributed by atoms with E-state index in [0.29, 0.717) is 0 Å². The number of benzene rings is 2. The lowest BCUT2D eigenvalue weighted by Crippen LogP contribution is -2.48. The topological polar surface area (TPSA) is 105 Å². The van der Waals surface area contributed by atoms with E-state index < -0.39 is 30.4 Å². The van der Waals surface area contributed by atoms with Gasteiger partial charge in [0, 0.05) is 0 Å². The van der Waals surface area contributed by atoms with Crippen LogP contribution >= 0.6 is 0 Å². The van der Waals surface area contributed by atoms with Gasteiger partial charge in [-0.1, -0.05) is 60.7 Å². The molecule has 0 unspecified atom stereocenters. The Balaban J connectivity index is 1.93. The van der Waals surface area contributed by atoms with Crippen LogP contribution in [-0.4, -0.2) is 29.1 Å². The summed E-state index contributed by atoms with van der Waals surface area (Å²) in [5.41, 5.74) is 1.65. The van der Waals surface area contributed by atoms with Gasteiger partial charge in [0.05, 0.1) is 12.5 Å². The van der Waals surface area contributed by atoms with E-state index in [2.05, 4.69) is 10.6 Å². The van der Waals surface area contributed by atoms with Crippen LogP contribution in [0.5, 0.6) is 0 Å². The molecule has 0 saturated heterocycles. The summed E-state index contributed by atoms with van der Waals surface area (Å²) in [4.78, 5) is 35.4. The fourth-order valence-electron chi connectivity index (χ4n) is 2.43. The van der Waals surface area contributed by atoms with Crippen LogP contribution in [0.4, 0.5) is 4.79 Å². The second-order valence-corrected chi connectivity index (χ2v) is 6.00. The number of carboxylic acid groups (broad SMARTS) is 1. The van der Waals surface area contributed by atoms with Crippen LogP contribution < -0.4 is 10.6 Å². The third kappa shape index (κ3) is 6.81. The molecule has 2 atom stereocenters. The minimum atomic E-state index is -1.24. The van der Waals surface area contributed by atoms with Crippen LogP contribution in [0.15, 0.2) is 60.7 Å². The van der Waals surface area contributed by atoms with Crippen LogP contribution in [-0.2, 0) is 20.9 Å². The molecule has 2 amide bonds. The highest BCUT2D eigenvalue weighted by atomic mass is 16.5. The summed E-state index contributed by atoms with van der Waals surface area (Å²) < 4.78 is 5.06. The van der Waals surface area contributed by atoms with Crippen molar-refractivity contribution in [3.63, 3.8) is 0 Å². The molecule has 3 N–H and O–H groups in total. The van der Waals surface area contributed by atoms with Gasteiger partial charge in [-0.3, -0.25) is 9.59 Å². The number of carboxylic acids is 1. The number of carbonyl (C=O) groups is 3. The molecule has 142 valence electrons. The number of ether oxygens (including phenoxy) is 1. The monoisotopic (exact) mass is 370 g/mol. The average Bonchev–Trinajstić information content (AvgIpc) is 2.67. The SMILES string of the molecule is C[C@@H](NC(=O)[C@H](CC(=O)O)NC(=O)OCc1ccccc1)c1ccccc1. The normalized spacial score (nSPS) is 12.5. The number of carbonyl (C=O) groups excluding carboxylic acids is 2. The number of hydrogen-bond acceptors (Lipinski definition) is 4. The third-order valence-corrected chi connectivity index (χ3v) is 3.86. The summed E-state index contributed by atoms with van der Waals surface area (Å²) >= 11 is 0. The lowest BCUT2D eigenvalue weighted by atomic mass is 10.1. The van der Waals surface area contributed by atoms with Crippen LogP contribution in [0.2, 0.25) is 0 Å². The van der Waals surface area contributed by atoms with E-state index in [9.17, 15) is 14.4 Å². The van der Waals surface area contributed by atoms with Crippen LogP contribution in [0.25, 0.3) is 0 Å². The number of nitrogens with one attached hydrogen (secondary N) is 2. The maximum Gasteiger partial charge on any atom is 0.408 e. The van der Waals surface area contributed by atoms with Gasteiger partial charge < -0.3 is 20.5 Å². The Morgan fingerprint density at radius 2 is 1.56 bits per heavy atom. The van der Waals surface area contributed by atoms with Crippen LogP contribution in [0.3, 0.4) is 0 Å². The van der Waals surface area contributed by atoms with Crippen molar-refractivity contribution in [2.75, 3.05) is 0 Å². The molecule has 0 saturated carbocycles. The van der Waals surface area contributed by atoms with Crippen molar-refractivity contribution in [2.24, 2.45) is 0 Å². The van der Waals surface area contributed by atoms with E-state index in [-0.39, 0.29) is 12.6 Å². The van der Waals surface area contributed by atoms with Gasteiger partial charge in [0.2, 0.25) is 5.91 Å². The molecule has 0 aliphatic carbocycles. The quantitative estimate of drug-likeness (QED) is 0.663. The molecular formula is C20H22N2O5. The van der Waals surface area contributed by atoms with Gasteiger partial charge in [-0.2, -0.15) is 0 Å². The van der Waals surface area contributed by atoms with E-state index >= 15 is 0 Å². The first-order valence-electron chi connectivity index (χ1n) is 8.50. The summed E-state index contributed by atoms with van der Waals surface area (Å²) in [6.45, 7) is 1.80. The number of aliphatic carboxylic acids is 1. The lowest BCUT2D eigenvalue weighted by molar-refractivity contribution is -0.140. The van der Waals surface area contributed by atoms with Crippen molar-refractivity contribution in [3.8, 4) is 0 Å². The maximum absolute atomic E-state index is 12.4. The minimum Gasteiger partial charge on any atom is -0.481 e. The van der Waals surface area contributed by atoms with Gasteiger partial charge in [0.25, 0.3) is 0 Å². The van der Waals surface area contributed by atoms with Gasteiger partial charge in [-0.25, -0.2) is 4.79 Å². The summed E-state index contributed by atoms with van der Waals surface area (Å²) in [5.74, 6) is -1.80. The zero-order chi connectivity index (χ0) is 19.6. The molecule has 0 aliphatic rings. The highest BCUT2D eigenvalue weighted by Gasteiger charge is 2.25. The van der Waals surface area contributed by atoms with Crippen LogP contribution in [0.1, 0.15) is 30.5 Å². The Kier molecular flexibility index (Phi) is 7.37. The molecule has 0 radical (unpaired) electrons.